The summed E-state index contributed by atoms with van der Waals surface area (Å²) in [5, 5.41) is 3.89. The quantitative estimate of drug-likeness (QED) is 0.644. The Bertz CT molecular complexity index is 704. The van der Waals surface area contributed by atoms with Crippen LogP contribution in [0.3, 0.4) is 0 Å². The van der Waals surface area contributed by atoms with Gasteiger partial charge >= 0.3 is 5.63 Å². The Balaban J connectivity index is 2.58. The monoisotopic (exact) mass is 274 g/mol. The van der Waals surface area contributed by atoms with Gasteiger partial charge in [0.15, 0.2) is 5.78 Å². The zero-order valence-corrected chi connectivity index (χ0v) is 11.7. The lowest BCUT2D eigenvalue weighted by molar-refractivity contribution is 0.100. The summed E-state index contributed by atoms with van der Waals surface area (Å²) in [6, 6.07) is 5.06. The second kappa shape index (κ2) is 5.88. The number of aryl methyl sites for hydroxylation is 1. The second-order valence-electron chi connectivity index (χ2n) is 4.65. The molecule has 0 fully saturated rings. The third-order valence-electron chi connectivity index (χ3n) is 3.23. The van der Waals surface area contributed by atoms with Gasteiger partial charge in [-0.15, -0.1) is 0 Å². The summed E-state index contributed by atoms with van der Waals surface area (Å²) in [6.07, 6.45) is 0.918. The highest BCUT2D eigenvalue weighted by atomic mass is 16.4. The largest absolute Gasteiger partial charge is 0.421 e. The molecule has 0 unspecified atom stereocenters. The van der Waals surface area contributed by atoms with Gasteiger partial charge in [-0.2, -0.15) is 0 Å². The fourth-order valence-electron chi connectivity index (χ4n) is 2.10. The number of Topliss-reactive ketones (excluding diaryl/α,β-unsaturated/α-hetero) is 1. The van der Waals surface area contributed by atoms with E-state index in [0.29, 0.717) is 23.4 Å². The van der Waals surface area contributed by atoms with Crippen LogP contribution < -0.4 is 16.7 Å². The molecule has 0 aliphatic heterocycles. The van der Waals surface area contributed by atoms with E-state index in [4.69, 9.17) is 10.2 Å². The number of rotatable bonds is 5. The molecule has 0 atom stereocenters. The Morgan fingerprint density at radius 3 is 2.80 bits per heavy atom. The Hall–Kier alpha value is -2.14. The van der Waals surface area contributed by atoms with Crippen molar-refractivity contribution in [2.24, 2.45) is 5.73 Å². The van der Waals surface area contributed by atoms with E-state index in [1.807, 2.05) is 13.8 Å². The lowest BCUT2D eigenvalue weighted by Gasteiger charge is -2.10. The molecular weight excluding hydrogens is 256 g/mol. The Labute approximate surface area is 116 Å². The van der Waals surface area contributed by atoms with Gasteiger partial charge in [0.2, 0.25) is 0 Å². The van der Waals surface area contributed by atoms with Crippen molar-refractivity contribution >= 4 is 22.4 Å². The fraction of sp³-hybridized carbons (Fsp3) is 0.333. The minimum atomic E-state index is -0.416. The number of hydrogen-bond donors (Lipinski definition) is 2. The van der Waals surface area contributed by atoms with Gasteiger partial charge in [-0.1, -0.05) is 19.1 Å². The van der Waals surface area contributed by atoms with Crippen molar-refractivity contribution < 1.29 is 9.21 Å². The van der Waals surface area contributed by atoms with E-state index in [0.717, 1.165) is 17.4 Å². The number of carbonyl (C=O) groups is 1. The topological polar surface area (TPSA) is 85.3 Å². The number of fused-ring (bicyclic) bond motifs is 1. The van der Waals surface area contributed by atoms with Crippen LogP contribution in [0.1, 0.15) is 29.3 Å². The normalized spacial score (nSPS) is 10.8. The first-order valence-electron chi connectivity index (χ1n) is 6.63. The predicted molar refractivity (Wildman–Crippen MR) is 79.4 cm³/mol. The number of benzene rings is 1. The molecule has 0 radical (unpaired) electrons. The summed E-state index contributed by atoms with van der Waals surface area (Å²) in [5.41, 5.74) is 7.10. The van der Waals surface area contributed by atoms with Crippen molar-refractivity contribution in [2.45, 2.75) is 20.3 Å². The first kappa shape index (κ1) is 14.3. The number of carbonyl (C=O) groups excluding carboxylic acids is 1. The SMILES string of the molecule is CCCNc1c(C)c2ccc(C(=O)CN)cc2oc1=O. The average molecular weight is 274 g/mol. The smallest absolute Gasteiger partial charge is 0.360 e. The molecule has 5 nitrogen and oxygen atoms in total. The van der Waals surface area contributed by atoms with E-state index in [1.54, 1.807) is 18.2 Å². The average Bonchev–Trinajstić information content (AvgIpc) is 2.45. The Morgan fingerprint density at radius 1 is 1.40 bits per heavy atom. The Morgan fingerprint density at radius 2 is 2.15 bits per heavy atom. The van der Waals surface area contributed by atoms with Crippen LogP contribution in [0.4, 0.5) is 5.69 Å². The number of nitrogens with two attached hydrogens (primary N) is 1. The van der Waals surface area contributed by atoms with Crippen molar-refractivity contribution in [3.8, 4) is 0 Å². The Kier molecular flexibility index (Phi) is 4.20. The van der Waals surface area contributed by atoms with Gasteiger partial charge in [-0.05, 0) is 25.0 Å². The molecule has 2 aromatic rings. The number of nitrogens with one attached hydrogen (secondary N) is 1. The van der Waals surface area contributed by atoms with Crippen LogP contribution in [0, 0.1) is 6.92 Å². The molecule has 2 rings (SSSR count). The molecule has 0 aliphatic rings. The van der Waals surface area contributed by atoms with Crippen molar-refractivity contribution in [3.63, 3.8) is 0 Å². The van der Waals surface area contributed by atoms with E-state index in [1.165, 1.54) is 0 Å². The van der Waals surface area contributed by atoms with E-state index in [2.05, 4.69) is 5.32 Å². The molecule has 5 heteroatoms. The molecule has 0 bridgehead atoms. The molecule has 1 aromatic carbocycles. The van der Waals surface area contributed by atoms with E-state index in [9.17, 15) is 9.59 Å². The highest BCUT2D eigenvalue weighted by Gasteiger charge is 2.12. The highest BCUT2D eigenvalue weighted by molar-refractivity contribution is 6.00. The minimum absolute atomic E-state index is 0.0646. The van der Waals surface area contributed by atoms with Crippen LogP contribution in [0.2, 0.25) is 0 Å². The van der Waals surface area contributed by atoms with Crippen LogP contribution in [-0.2, 0) is 0 Å². The van der Waals surface area contributed by atoms with Gasteiger partial charge in [-0.3, -0.25) is 4.79 Å². The first-order valence-corrected chi connectivity index (χ1v) is 6.63. The maximum absolute atomic E-state index is 12.0. The molecule has 0 aliphatic carbocycles. The van der Waals surface area contributed by atoms with Crippen molar-refractivity contribution in [1.82, 2.24) is 0 Å². The van der Waals surface area contributed by atoms with E-state index >= 15 is 0 Å². The van der Waals surface area contributed by atoms with Crippen molar-refractivity contribution in [2.75, 3.05) is 18.4 Å². The maximum atomic E-state index is 12.0. The minimum Gasteiger partial charge on any atom is -0.421 e. The summed E-state index contributed by atoms with van der Waals surface area (Å²) in [7, 11) is 0. The molecule has 106 valence electrons. The zero-order valence-electron chi connectivity index (χ0n) is 11.7. The standard InChI is InChI=1S/C15H18N2O3/c1-3-6-17-14-9(2)11-5-4-10(12(18)8-16)7-13(11)20-15(14)19/h4-5,7,17H,3,6,8,16H2,1-2H3. The highest BCUT2D eigenvalue weighted by Crippen LogP contribution is 2.23. The van der Waals surface area contributed by atoms with Gasteiger partial charge in [-0.25, -0.2) is 4.79 Å². The molecule has 3 N–H and O–H groups in total. The lowest BCUT2D eigenvalue weighted by Crippen LogP contribution is -2.15. The van der Waals surface area contributed by atoms with Gasteiger partial charge in [0.25, 0.3) is 0 Å². The second-order valence-corrected chi connectivity index (χ2v) is 4.65. The van der Waals surface area contributed by atoms with Gasteiger partial charge in [0, 0.05) is 17.5 Å². The molecule has 0 amide bonds. The van der Waals surface area contributed by atoms with Crippen LogP contribution >= 0.6 is 0 Å². The molecule has 0 saturated heterocycles. The maximum Gasteiger partial charge on any atom is 0.360 e. The van der Waals surface area contributed by atoms with Crippen LogP contribution in [0.25, 0.3) is 11.0 Å². The summed E-state index contributed by atoms with van der Waals surface area (Å²) >= 11 is 0. The van der Waals surface area contributed by atoms with Crippen LogP contribution in [0.15, 0.2) is 27.4 Å². The van der Waals surface area contributed by atoms with Gasteiger partial charge in [0.05, 0.1) is 6.54 Å². The summed E-state index contributed by atoms with van der Waals surface area (Å²) in [6.45, 7) is 4.53. The molecule has 0 spiro atoms. The van der Waals surface area contributed by atoms with Gasteiger partial charge in [0.1, 0.15) is 11.3 Å². The predicted octanol–water partition coefficient (Wildman–Crippen LogP) is 2.06. The molecular formula is C15H18N2O3. The van der Waals surface area contributed by atoms with Crippen molar-refractivity contribution in [1.29, 1.82) is 0 Å². The summed E-state index contributed by atoms with van der Waals surface area (Å²) < 4.78 is 5.29. The van der Waals surface area contributed by atoms with Gasteiger partial charge < -0.3 is 15.5 Å². The summed E-state index contributed by atoms with van der Waals surface area (Å²) in [5.74, 6) is -0.180. The van der Waals surface area contributed by atoms with Crippen LogP contribution in [0.5, 0.6) is 0 Å². The molecule has 20 heavy (non-hydrogen) atoms. The van der Waals surface area contributed by atoms with E-state index in [-0.39, 0.29) is 12.3 Å². The number of anilines is 1. The third kappa shape index (κ3) is 2.58. The lowest BCUT2D eigenvalue weighted by atomic mass is 10.0. The van der Waals surface area contributed by atoms with Crippen LogP contribution in [-0.4, -0.2) is 18.9 Å². The van der Waals surface area contributed by atoms with E-state index < -0.39 is 5.63 Å². The molecule has 1 aromatic heterocycles. The fourth-order valence-corrected chi connectivity index (χ4v) is 2.10. The number of ketones is 1. The third-order valence-corrected chi connectivity index (χ3v) is 3.23. The first-order chi connectivity index (χ1) is 9.58. The zero-order chi connectivity index (χ0) is 14.7. The van der Waals surface area contributed by atoms with Crippen molar-refractivity contribution in [3.05, 3.63) is 39.7 Å². The molecule has 1 heterocycles. The summed E-state index contributed by atoms with van der Waals surface area (Å²) in [4.78, 5) is 23.5. The number of hydrogen-bond acceptors (Lipinski definition) is 5. The molecule has 0 saturated carbocycles.